The first-order valence-electron chi connectivity index (χ1n) is 14.0. The van der Waals surface area contributed by atoms with Gasteiger partial charge in [-0.3, -0.25) is 14.7 Å². The summed E-state index contributed by atoms with van der Waals surface area (Å²) < 4.78 is 0. The molecule has 1 fully saturated rings. The zero-order chi connectivity index (χ0) is 31.7. The van der Waals surface area contributed by atoms with Gasteiger partial charge in [-0.2, -0.15) is 0 Å². The van der Waals surface area contributed by atoms with Crippen molar-refractivity contribution in [1.29, 1.82) is 0 Å². The maximum absolute atomic E-state index is 12.1. The molecular weight excluding hydrogens is 560 g/mol. The Balaban J connectivity index is 3.24. The molecule has 16 heteroatoms. The lowest BCUT2D eigenvalue weighted by molar-refractivity contribution is -0.315. The highest BCUT2D eigenvalue weighted by Gasteiger charge is 2.27. The summed E-state index contributed by atoms with van der Waals surface area (Å²) in [5.41, 5.74) is 0. The number of nitrogens with one attached hydrogen (secondary N) is 1. The van der Waals surface area contributed by atoms with E-state index in [1.165, 1.54) is 14.7 Å². The van der Waals surface area contributed by atoms with Crippen molar-refractivity contribution >= 4 is 35.8 Å². The Morgan fingerprint density at radius 3 is 0.976 bits per heavy atom. The molecule has 0 spiro atoms. The second kappa shape index (κ2) is 19.7. The summed E-state index contributed by atoms with van der Waals surface area (Å²) in [6, 6.07) is -3.66. The van der Waals surface area contributed by atoms with Crippen LogP contribution in [0.1, 0.15) is 57.8 Å². The monoisotopic (exact) mass is 598 g/mol. The van der Waals surface area contributed by atoms with Crippen LogP contribution in [0, 0.1) is 0 Å². The second-order valence-corrected chi connectivity index (χ2v) is 10.2. The van der Waals surface area contributed by atoms with Crippen LogP contribution < -0.4 is 36.0 Å². The van der Waals surface area contributed by atoms with Gasteiger partial charge in [0.25, 0.3) is 0 Å². The van der Waals surface area contributed by atoms with Gasteiger partial charge >= 0.3 is 0 Å². The first-order chi connectivity index (χ1) is 19.8. The molecule has 16 nitrogen and oxygen atoms in total. The van der Waals surface area contributed by atoms with Gasteiger partial charge in [-0.25, -0.2) is 0 Å². The summed E-state index contributed by atoms with van der Waals surface area (Å²) >= 11 is 0. The Labute approximate surface area is 243 Å². The van der Waals surface area contributed by atoms with Crippen LogP contribution >= 0.6 is 0 Å². The van der Waals surface area contributed by atoms with Crippen molar-refractivity contribution in [2.45, 2.75) is 75.9 Å². The summed E-state index contributed by atoms with van der Waals surface area (Å²) in [6.07, 6.45) is -1.39. The third-order valence-corrected chi connectivity index (χ3v) is 7.21. The number of nitrogens with zero attached hydrogens (tertiary/aromatic N) is 3. The fraction of sp³-hybridized carbons (Fsp3) is 0.769. The fourth-order valence-corrected chi connectivity index (χ4v) is 5.02. The molecule has 0 amide bonds. The molecule has 0 aromatic carbocycles. The zero-order valence-corrected chi connectivity index (χ0v) is 23.5. The number of carbonyl (C=O) groups excluding carboxylic acids is 6. The summed E-state index contributed by atoms with van der Waals surface area (Å²) in [7, 11) is 0. The van der Waals surface area contributed by atoms with Crippen LogP contribution in [0.5, 0.6) is 0 Å². The number of carboxylic acid groups (broad SMARTS) is 6. The van der Waals surface area contributed by atoms with Crippen LogP contribution in [0.25, 0.3) is 0 Å². The van der Waals surface area contributed by atoms with Crippen molar-refractivity contribution in [1.82, 2.24) is 20.0 Å². The first-order valence-corrected chi connectivity index (χ1v) is 14.0. The third kappa shape index (κ3) is 14.5. The van der Waals surface area contributed by atoms with Gasteiger partial charge in [0, 0.05) is 88.4 Å². The van der Waals surface area contributed by atoms with Gasteiger partial charge in [0.15, 0.2) is 0 Å². The van der Waals surface area contributed by atoms with Crippen LogP contribution in [0.4, 0.5) is 0 Å². The normalized spacial score (nSPS) is 18.6. The number of hydrogen-bond acceptors (Lipinski definition) is 16. The van der Waals surface area contributed by atoms with Crippen LogP contribution in [-0.2, 0) is 28.8 Å². The largest absolute Gasteiger partial charge is 0.550 e. The smallest absolute Gasteiger partial charge is 0.0586 e. The molecule has 0 aromatic heterocycles. The predicted molar refractivity (Wildman–Crippen MR) is 131 cm³/mol. The second-order valence-electron chi connectivity index (χ2n) is 10.2. The molecule has 3 atom stereocenters. The topological polar surface area (TPSA) is 263 Å². The quantitative estimate of drug-likeness (QED) is 0.153. The van der Waals surface area contributed by atoms with Gasteiger partial charge in [0.2, 0.25) is 0 Å². The minimum atomic E-state index is -1.50. The van der Waals surface area contributed by atoms with Gasteiger partial charge in [0.1, 0.15) is 0 Å². The van der Waals surface area contributed by atoms with Crippen LogP contribution in [-0.4, -0.2) is 121 Å². The average Bonchev–Trinajstić information content (AvgIpc) is 2.87. The Morgan fingerprint density at radius 2 is 0.738 bits per heavy atom. The van der Waals surface area contributed by atoms with E-state index in [9.17, 15) is 59.4 Å². The molecule has 1 heterocycles. The van der Waals surface area contributed by atoms with E-state index in [1.54, 1.807) is 0 Å². The number of carboxylic acids is 6. The molecule has 1 aliphatic heterocycles. The Bertz CT molecular complexity index is 866. The van der Waals surface area contributed by atoms with Crippen LogP contribution in [0.15, 0.2) is 0 Å². The summed E-state index contributed by atoms with van der Waals surface area (Å²) in [6.45, 7) is 0.715. The maximum Gasteiger partial charge on any atom is 0.0586 e. The minimum Gasteiger partial charge on any atom is -0.550 e. The van der Waals surface area contributed by atoms with E-state index < -0.39 is 60.4 Å². The third-order valence-electron chi connectivity index (χ3n) is 7.21. The van der Waals surface area contributed by atoms with Crippen molar-refractivity contribution in [3.63, 3.8) is 0 Å². The standard InChI is InChI=1S/C26H44N4O12/c31-21(32)7-1-4-18(24(37)38)28-12-10-27-11-13-29(19(25(39)40)5-2-8-22(33)34)15-17-30(16-14-28)20(26(41)42)6-3-9-23(35)36/h18-20,27H,1-17H2,(H,31,32)(H,33,34)(H,35,36)(H,37,38)(H,39,40)(H,41,42)/p-6/t18-,19-,20+/m0/s1. The zero-order valence-electron chi connectivity index (χ0n) is 23.5. The molecule has 1 rings (SSSR count). The maximum atomic E-state index is 12.1. The molecule has 0 unspecified atom stereocenters. The SMILES string of the molecule is O=C([O-])CCC[C@H](C(=O)[O-])N1CCN([C@@H](CCCC(=O)[O-])C(=O)[O-])CCNCCN([C@@H](CCCC(=O)[O-])C(=O)[O-])CC1. The Morgan fingerprint density at radius 1 is 0.476 bits per heavy atom. The van der Waals surface area contributed by atoms with E-state index in [0.29, 0.717) is 0 Å². The lowest BCUT2D eigenvalue weighted by atomic mass is 10.1. The number of rotatable bonds is 18. The number of hydrogen-bond donors (Lipinski definition) is 1. The molecule has 0 aliphatic carbocycles. The van der Waals surface area contributed by atoms with E-state index in [-0.39, 0.29) is 104 Å². The Hall–Kier alpha value is -3.34. The van der Waals surface area contributed by atoms with Crippen molar-refractivity contribution in [3.8, 4) is 0 Å². The molecule has 0 saturated carbocycles. The highest BCUT2D eigenvalue weighted by Crippen LogP contribution is 2.15. The van der Waals surface area contributed by atoms with Gasteiger partial charge in [-0.1, -0.05) is 0 Å². The molecule has 0 aromatic rings. The number of carbonyl (C=O) groups is 6. The van der Waals surface area contributed by atoms with Gasteiger partial charge in [-0.15, -0.1) is 0 Å². The molecule has 0 bridgehead atoms. The van der Waals surface area contributed by atoms with Crippen LogP contribution in [0.3, 0.4) is 0 Å². The van der Waals surface area contributed by atoms with E-state index >= 15 is 0 Å². The first kappa shape index (κ1) is 36.7. The lowest BCUT2D eigenvalue weighted by Crippen LogP contribution is -2.57. The van der Waals surface area contributed by atoms with Crippen molar-refractivity contribution in [2.24, 2.45) is 0 Å². The summed E-state index contributed by atoms with van der Waals surface area (Å²) in [4.78, 5) is 73.1. The van der Waals surface area contributed by atoms with E-state index in [1.807, 2.05) is 0 Å². The molecule has 42 heavy (non-hydrogen) atoms. The summed E-state index contributed by atoms with van der Waals surface area (Å²) in [5.74, 6) is -8.40. The molecule has 1 N–H and O–H groups in total. The van der Waals surface area contributed by atoms with Crippen molar-refractivity contribution in [2.75, 3.05) is 52.4 Å². The average molecular weight is 599 g/mol. The Kier molecular flexibility index (Phi) is 17.2. The van der Waals surface area contributed by atoms with Gasteiger partial charge < -0.3 is 64.7 Å². The molecule has 240 valence electrons. The van der Waals surface area contributed by atoms with Gasteiger partial charge in [0.05, 0.1) is 17.9 Å². The fourth-order valence-electron chi connectivity index (χ4n) is 5.02. The van der Waals surface area contributed by atoms with E-state index in [2.05, 4.69) is 5.32 Å². The van der Waals surface area contributed by atoms with Crippen molar-refractivity contribution in [3.05, 3.63) is 0 Å². The summed E-state index contributed by atoms with van der Waals surface area (Å²) in [5, 5.41) is 71.7. The molecule has 0 radical (unpaired) electrons. The highest BCUT2D eigenvalue weighted by atomic mass is 16.4. The molecule has 1 saturated heterocycles. The van der Waals surface area contributed by atoms with Crippen molar-refractivity contribution < 1.29 is 59.4 Å². The predicted octanol–water partition coefficient (Wildman–Crippen LogP) is -8.39. The van der Waals surface area contributed by atoms with Gasteiger partial charge in [-0.05, 0) is 57.8 Å². The number of aliphatic carboxylic acids is 6. The van der Waals surface area contributed by atoms with E-state index in [0.717, 1.165) is 0 Å². The molecule has 1 aliphatic rings. The molecular formula is C26H38N4O12-6. The van der Waals surface area contributed by atoms with Crippen LogP contribution in [0.2, 0.25) is 0 Å². The van der Waals surface area contributed by atoms with E-state index in [4.69, 9.17) is 0 Å². The minimum absolute atomic E-state index is 0.00540. The highest BCUT2D eigenvalue weighted by molar-refractivity contribution is 5.72. The lowest BCUT2D eigenvalue weighted by Gasteiger charge is -2.40.